The lowest BCUT2D eigenvalue weighted by molar-refractivity contribution is -0.141. The second-order valence-corrected chi connectivity index (χ2v) is 3.88. The molecule has 1 aromatic heterocycles. The van der Waals surface area contributed by atoms with Crippen LogP contribution in [0.2, 0.25) is 0 Å². The molecule has 0 bridgehead atoms. The van der Waals surface area contributed by atoms with E-state index < -0.39 is 23.5 Å². The number of halogens is 5. The van der Waals surface area contributed by atoms with Gasteiger partial charge in [0.15, 0.2) is 11.6 Å². The smallest absolute Gasteiger partial charge is 0.433 e. The van der Waals surface area contributed by atoms with Gasteiger partial charge in [-0.05, 0) is 12.1 Å². The molecule has 0 aliphatic rings. The monoisotopic (exact) mass is 289 g/mol. The molecule has 0 saturated carbocycles. The number of aromatic nitrogens is 1. The topological polar surface area (TPSA) is 22.1 Å². The highest BCUT2D eigenvalue weighted by Gasteiger charge is 2.33. The zero-order valence-corrected chi connectivity index (χ0v) is 10.1. The third-order valence-electron chi connectivity index (χ3n) is 2.55. The molecule has 0 amide bonds. The molecule has 2 aromatic rings. The Kier molecular flexibility index (Phi) is 3.61. The van der Waals surface area contributed by atoms with Gasteiger partial charge in [0.05, 0.1) is 12.8 Å². The molecule has 1 heterocycles. The lowest BCUT2D eigenvalue weighted by atomic mass is 10.1. The van der Waals surface area contributed by atoms with Crippen LogP contribution in [0.3, 0.4) is 0 Å². The number of hydrogen-bond donors (Lipinski definition) is 0. The average molecular weight is 289 g/mol. The highest BCUT2D eigenvalue weighted by Crippen LogP contribution is 2.33. The van der Waals surface area contributed by atoms with Crippen LogP contribution in [-0.4, -0.2) is 12.1 Å². The van der Waals surface area contributed by atoms with Crippen molar-refractivity contribution in [3.8, 4) is 17.0 Å². The molecule has 0 radical (unpaired) electrons. The highest BCUT2D eigenvalue weighted by molar-refractivity contribution is 5.62. The summed E-state index contributed by atoms with van der Waals surface area (Å²) < 4.78 is 69.5. The molecule has 7 heteroatoms. The highest BCUT2D eigenvalue weighted by atomic mass is 19.4. The maximum Gasteiger partial charge on any atom is 0.433 e. The van der Waals surface area contributed by atoms with Crippen molar-refractivity contribution in [2.75, 3.05) is 7.11 Å². The van der Waals surface area contributed by atoms with Crippen molar-refractivity contribution in [1.29, 1.82) is 0 Å². The SMILES string of the molecule is COc1cc(-c2cccc(F)c2F)nc(C(F)(F)F)c1. The van der Waals surface area contributed by atoms with Crippen LogP contribution in [0, 0.1) is 11.6 Å². The molecule has 0 atom stereocenters. The maximum atomic E-state index is 13.6. The maximum absolute atomic E-state index is 13.6. The molecule has 20 heavy (non-hydrogen) atoms. The standard InChI is InChI=1S/C13H8F5NO/c1-20-7-5-10(19-11(6-7)13(16,17)18)8-3-2-4-9(14)12(8)15/h2-6H,1H3. The molecule has 2 rings (SSSR count). The van der Waals surface area contributed by atoms with E-state index in [1.54, 1.807) is 0 Å². The molecule has 1 aromatic carbocycles. The van der Waals surface area contributed by atoms with Crippen LogP contribution in [0.5, 0.6) is 5.75 Å². The average Bonchev–Trinajstić information content (AvgIpc) is 2.40. The van der Waals surface area contributed by atoms with Gasteiger partial charge in [0.1, 0.15) is 11.4 Å². The third-order valence-corrected chi connectivity index (χ3v) is 2.55. The van der Waals surface area contributed by atoms with Gasteiger partial charge < -0.3 is 4.74 Å². The van der Waals surface area contributed by atoms with Crippen molar-refractivity contribution >= 4 is 0 Å². The number of benzene rings is 1. The van der Waals surface area contributed by atoms with Gasteiger partial charge in [-0.3, -0.25) is 0 Å². The minimum Gasteiger partial charge on any atom is -0.497 e. The van der Waals surface area contributed by atoms with E-state index in [1.807, 2.05) is 0 Å². The summed E-state index contributed by atoms with van der Waals surface area (Å²) in [6.07, 6.45) is -4.72. The molecule has 0 spiro atoms. The van der Waals surface area contributed by atoms with Crippen LogP contribution in [0.15, 0.2) is 30.3 Å². The molecule has 0 saturated heterocycles. The third kappa shape index (κ3) is 2.71. The number of hydrogen-bond acceptors (Lipinski definition) is 2. The van der Waals surface area contributed by atoms with Gasteiger partial charge in [-0.2, -0.15) is 13.2 Å². The zero-order chi connectivity index (χ0) is 14.9. The van der Waals surface area contributed by atoms with E-state index in [1.165, 1.54) is 13.2 Å². The van der Waals surface area contributed by atoms with E-state index in [2.05, 4.69) is 4.98 Å². The first kappa shape index (κ1) is 14.2. The van der Waals surface area contributed by atoms with Gasteiger partial charge in [0.2, 0.25) is 0 Å². The van der Waals surface area contributed by atoms with E-state index in [9.17, 15) is 22.0 Å². The summed E-state index contributed by atoms with van der Waals surface area (Å²) in [6, 6.07) is 4.97. The first-order valence-electron chi connectivity index (χ1n) is 5.40. The first-order chi connectivity index (χ1) is 9.32. The van der Waals surface area contributed by atoms with E-state index in [0.717, 1.165) is 18.2 Å². The zero-order valence-electron chi connectivity index (χ0n) is 10.1. The molecular formula is C13H8F5NO. The van der Waals surface area contributed by atoms with E-state index in [0.29, 0.717) is 6.07 Å². The van der Waals surface area contributed by atoms with Gasteiger partial charge in [-0.15, -0.1) is 0 Å². The Morgan fingerprint density at radius 2 is 1.80 bits per heavy atom. The van der Waals surface area contributed by atoms with Crippen molar-refractivity contribution in [3.63, 3.8) is 0 Å². The Morgan fingerprint density at radius 3 is 2.40 bits per heavy atom. The van der Waals surface area contributed by atoms with Gasteiger partial charge in [0.25, 0.3) is 0 Å². The van der Waals surface area contributed by atoms with Crippen molar-refractivity contribution in [3.05, 3.63) is 47.7 Å². The molecule has 0 fully saturated rings. The number of rotatable bonds is 2. The summed E-state index contributed by atoms with van der Waals surface area (Å²) in [5.41, 5.74) is -1.96. The van der Waals surface area contributed by atoms with Gasteiger partial charge in [-0.1, -0.05) is 6.07 Å². The van der Waals surface area contributed by atoms with E-state index >= 15 is 0 Å². The number of nitrogens with zero attached hydrogens (tertiary/aromatic N) is 1. The molecule has 0 aliphatic heterocycles. The lowest BCUT2D eigenvalue weighted by Gasteiger charge is -2.11. The van der Waals surface area contributed by atoms with E-state index in [-0.39, 0.29) is 17.0 Å². The first-order valence-corrected chi connectivity index (χ1v) is 5.40. The molecular weight excluding hydrogens is 281 g/mol. The summed E-state index contributed by atoms with van der Waals surface area (Å²) in [5.74, 6) is -2.58. The number of ether oxygens (including phenoxy) is 1. The Morgan fingerprint density at radius 1 is 1.10 bits per heavy atom. The summed E-state index contributed by atoms with van der Waals surface area (Å²) in [5, 5.41) is 0. The second-order valence-electron chi connectivity index (χ2n) is 3.88. The fourth-order valence-electron chi connectivity index (χ4n) is 1.61. The van der Waals surface area contributed by atoms with Crippen LogP contribution in [0.25, 0.3) is 11.3 Å². The minimum absolute atomic E-state index is 0.147. The summed E-state index contributed by atoms with van der Waals surface area (Å²) in [6.45, 7) is 0. The van der Waals surface area contributed by atoms with Crippen LogP contribution >= 0.6 is 0 Å². The Labute approximate surface area is 110 Å². The molecule has 106 valence electrons. The number of methoxy groups -OCH3 is 1. The molecule has 0 unspecified atom stereocenters. The van der Waals surface area contributed by atoms with Crippen LogP contribution in [0.4, 0.5) is 22.0 Å². The number of pyridine rings is 1. The summed E-state index contributed by atoms with van der Waals surface area (Å²) in [7, 11) is 1.17. The molecule has 0 N–H and O–H groups in total. The molecule has 0 aliphatic carbocycles. The minimum atomic E-state index is -4.72. The fourth-order valence-corrected chi connectivity index (χ4v) is 1.61. The van der Waals surface area contributed by atoms with Crippen molar-refractivity contribution < 1.29 is 26.7 Å². The van der Waals surface area contributed by atoms with E-state index in [4.69, 9.17) is 4.74 Å². The quantitative estimate of drug-likeness (QED) is 0.778. The van der Waals surface area contributed by atoms with Crippen molar-refractivity contribution in [1.82, 2.24) is 4.98 Å². The Balaban J connectivity index is 2.65. The Bertz CT molecular complexity index is 639. The fraction of sp³-hybridized carbons (Fsp3) is 0.154. The second kappa shape index (κ2) is 5.07. The lowest BCUT2D eigenvalue weighted by Crippen LogP contribution is -2.09. The molecule has 2 nitrogen and oxygen atoms in total. The normalized spacial score (nSPS) is 11.5. The van der Waals surface area contributed by atoms with Gasteiger partial charge in [-0.25, -0.2) is 13.8 Å². The predicted molar refractivity (Wildman–Crippen MR) is 61.1 cm³/mol. The van der Waals surface area contributed by atoms with Gasteiger partial charge in [0, 0.05) is 17.7 Å². The van der Waals surface area contributed by atoms with Crippen molar-refractivity contribution in [2.24, 2.45) is 0 Å². The predicted octanol–water partition coefficient (Wildman–Crippen LogP) is 4.05. The Hall–Kier alpha value is -2.18. The summed E-state index contributed by atoms with van der Waals surface area (Å²) >= 11 is 0. The van der Waals surface area contributed by atoms with Crippen LogP contribution in [-0.2, 0) is 6.18 Å². The van der Waals surface area contributed by atoms with Crippen molar-refractivity contribution in [2.45, 2.75) is 6.18 Å². The number of alkyl halides is 3. The summed E-state index contributed by atoms with van der Waals surface area (Å²) in [4.78, 5) is 3.31. The van der Waals surface area contributed by atoms with Crippen LogP contribution < -0.4 is 4.74 Å². The van der Waals surface area contributed by atoms with Crippen LogP contribution in [0.1, 0.15) is 5.69 Å². The van der Waals surface area contributed by atoms with Gasteiger partial charge >= 0.3 is 6.18 Å². The largest absolute Gasteiger partial charge is 0.497 e.